The predicted molar refractivity (Wildman–Crippen MR) is 241 cm³/mol. The number of allylic oxidation sites excluding steroid dienone is 2. The summed E-state index contributed by atoms with van der Waals surface area (Å²) in [7, 11) is 4.29. The molecule has 9 rings (SSSR count). The Morgan fingerprint density at radius 2 is 0.930 bits per heavy atom. The molecule has 9 nitrogen and oxygen atoms in total. The summed E-state index contributed by atoms with van der Waals surface area (Å²) < 4.78 is 2.21. The largest absolute Gasteiger partial charge is 0.430 e. The van der Waals surface area contributed by atoms with Crippen molar-refractivity contribution in [1.29, 1.82) is 0 Å². The van der Waals surface area contributed by atoms with E-state index in [-0.39, 0.29) is 14.0 Å². The van der Waals surface area contributed by atoms with Crippen molar-refractivity contribution in [1.82, 2.24) is 40.0 Å². The Balaban J connectivity index is 1.11. The van der Waals surface area contributed by atoms with Gasteiger partial charge in [0.05, 0.1) is 31.6 Å². The number of aromatic nitrogens is 4. The van der Waals surface area contributed by atoms with Gasteiger partial charge in [0.15, 0.2) is 0 Å². The molecule has 0 amide bonds. The average Bonchev–Trinajstić information content (AvgIpc) is 3.90. The van der Waals surface area contributed by atoms with E-state index in [1.54, 1.807) is 35.3 Å². The van der Waals surface area contributed by atoms with E-state index in [4.69, 9.17) is 19.9 Å². The van der Waals surface area contributed by atoms with Crippen LogP contribution in [0.3, 0.4) is 0 Å². The minimum atomic E-state index is -0.213. The first-order valence-electron chi connectivity index (χ1n) is 19.3. The van der Waals surface area contributed by atoms with E-state index in [1.807, 2.05) is 0 Å². The zero-order chi connectivity index (χ0) is 39.9. The predicted octanol–water partition coefficient (Wildman–Crippen LogP) is 7.93. The molecule has 6 heterocycles. The minimum Gasteiger partial charge on any atom is -0.394 e. The summed E-state index contributed by atoms with van der Waals surface area (Å²) in [5.41, 5.74) is 17.2. The highest BCUT2D eigenvalue weighted by Gasteiger charge is 2.43. The summed E-state index contributed by atoms with van der Waals surface area (Å²) in [4.78, 5) is 29.0. The molecular formula is C44H45B2N9S2. The lowest BCUT2D eigenvalue weighted by atomic mass is 9.71. The van der Waals surface area contributed by atoms with Crippen molar-refractivity contribution in [2.75, 3.05) is 19.0 Å². The van der Waals surface area contributed by atoms with Crippen LogP contribution in [0.1, 0.15) is 47.2 Å². The van der Waals surface area contributed by atoms with Crippen molar-refractivity contribution >= 4 is 73.9 Å². The fraction of sp³-hybridized carbons (Fsp3) is 0.227. The van der Waals surface area contributed by atoms with Crippen molar-refractivity contribution < 1.29 is 0 Å². The summed E-state index contributed by atoms with van der Waals surface area (Å²) in [6.07, 6.45) is 3.43. The zero-order valence-corrected chi connectivity index (χ0v) is 35.7. The third-order valence-corrected chi connectivity index (χ3v) is 14.6. The normalized spacial score (nSPS) is 14.5. The molecule has 2 aliphatic heterocycles. The summed E-state index contributed by atoms with van der Waals surface area (Å²) in [6.45, 7) is 17.1. The summed E-state index contributed by atoms with van der Waals surface area (Å²) >= 11 is 3.58. The molecule has 0 bridgehead atoms. The Bertz CT molecular complexity index is 2600. The van der Waals surface area contributed by atoms with Crippen LogP contribution < -0.4 is 26.5 Å². The Hall–Kier alpha value is -5.65. The van der Waals surface area contributed by atoms with Gasteiger partial charge in [-0.25, -0.2) is 19.9 Å². The first-order valence-corrected chi connectivity index (χ1v) is 21.0. The van der Waals surface area contributed by atoms with E-state index in [2.05, 4.69) is 161 Å². The maximum Gasteiger partial charge on any atom is 0.430 e. The second-order valence-corrected chi connectivity index (χ2v) is 17.4. The first-order chi connectivity index (χ1) is 27.5. The molecule has 0 fully saturated rings. The van der Waals surface area contributed by atoms with E-state index in [1.165, 1.54) is 54.3 Å². The van der Waals surface area contributed by atoms with Crippen LogP contribution in [0, 0.1) is 41.5 Å². The third kappa shape index (κ3) is 5.81. The number of hydrogen-bond donors (Lipinski definition) is 2. The van der Waals surface area contributed by atoms with Crippen LogP contribution in [0.15, 0.2) is 102 Å². The summed E-state index contributed by atoms with van der Waals surface area (Å²) in [5, 5.41) is 7.91. The van der Waals surface area contributed by atoms with Crippen LogP contribution in [-0.4, -0.2) is 57.6 Å². The number of thiophene rings is 2. The summed E-state index contributed by atoms with van der Waals surface area (Å²) in [6, 6.07) is 23.6. The molecule has 3 aromatic carbocycles. The Labute approximate surface area is 343 Å². The van der Waals surface area contributed by atoms with Gasteiger partial charge in [-0.1, -0.05) is 54.6 Å². The topological polar surface area (TPSA) is 85.3 Å². The van der Waals surface area contributed by atoms with Gasteiger partial charge in [-0.3, -0.25) is 4.90 Å². The van der Waals surface area contributed by atoms with E-state index >= 15 is 0 Å². The summed E-state index contributed by atoms with van der Waals surface area (Å²) in [5.74, 6) is 1.97. The second kappa shape index (κ2) is 14.1. The molecule has 7 aromatic rings. The number of nitrogens with zero attached hydrogens (tertiary/aromatic N) is 7. The maximum absolute atomic E-state index is 4.98. The van der Waals surface area contributed by atoms with Gasteiger partial charge in [0, 0.05) is 26.8 Å². The molecule has 13 heteroatoms. The monoisotopic (exact) mass is 785 g/mol. The minimum absolute atomic E-state index is 0.213. The van der Waals surface area contributed by atoms with E-state index in [0.29, 0.717) is 0 Å². The third-order valence-electron chi connectivity index (χ3n) is 11.9. The molecule has 0 saturated heterocycles. The lowest BCUT2D eigenvalue weighted by molar-refractivity contribution is 0.658. The number of benzene rings is 3. The van der Waals surface area contributed by atoms with Crippen LogP contribution >= 0.6 is 22.7 Å². The second-order valence-electron chi connectivity index (χ2n) is 15.4. The molecule has 2 aliphatic rings. The van der Waals surface area contributed by atoms with E-state index in [9.17, 15) is 0 Å². The number of para-hydroxylation sites is 1. The molecule has 0 saturated carbocycles. The maximum atomic E-state index is 4.98. The number of rotatable bonds is 7. The van der Waals surface area contributed by atoms with E-state index < -0.39 is 0 Å². The Morgan fingerprint density at radius 1 is 0.526 bits per heavy atom. The number of nitrogens with one attached hydrogen (secondary N) is 2. The lowest BCUT2D eigenvalue weighted by Crippen LogP contribution is -2.54. The molecule has 0 aliphatic carbocycles. The quantitative estimate of drug-likeness (QED) is 0.157. The molecule has 0 spiro atoms. The zero-order valence-electron chi connectivity index (χ0n) is 34.1. The van der Waals surface area contributed by atoms with Crippen LogP contribution in [-0.2, 0) is 0 Å². The number of hydrogen-bond acceptors (Lipinski definition) is 11. The first kappa shape index (κ1) is 37.0. The number of anilines is 1. The van der Waals surface area contributed by atoms with Gasteiger partial charge >= 0.3 is 14.0 Å². The highest BCUT2D eigenvalue weighted by molar-refractivity contribution is 7.24. The number of fused-ring (bicyclic) bond motifs is 2. The van der Waals surface area contributed by atoms with E-state index in [0.717, 1.165) is 60.3 Å². The standard InChI is InChI=1S/C44H45B2N9S2/c1-24-16-14-17-25(2)33(24)37-28(5)35-39(56-37)41(49-22-47-35)45-51-43(30(7)53(45)9)55(32-20-12-11-13-21-32)44-31(8)54(10)46(52-44)42-40-36(48-23-50-42)29(6)38(57-40)34-26(3)18-15-19-27(34)4/h11-23,51-52H,1-10H3. The molecule has 4 aromatic heterocycles. The van der Waals surface area contributed by atoms with Gasteiger partial charge in [-0.15, -0.1) is 22.7 Å². The lowest BCUT2D eigenvalue weighted by Gasteiger charge is -2.29. The molecule has 2 N–H and O–H groups in total. The SMILES string of the molecule is CC1=C(N(C2=C(C)N(C)B(c3ncnc4c(C)c(-c5c(C)cccc5C)sc34)N2)c2ccccc2)NB(c2ncnc3c(C)c(-c4c(C)cccc4C)sc23)N1C. The van der Waals surface area contributed by atoms with Gasteiger partial charge < -0.3 is 20.1 Å². The number of aryl methyl sites for hydroxylation is 6. The van der Waals surface area contributed by atoms with Crippen molar-refractivity contribution in [2.24, 2.45) is 0 Å². The smallest absolute Gasteiger partial charge is 0.394 e. The van der Waals surface area contributed by atoms with Gasteiger partial charge in [0.1, 0.15) is 24.3 Å². The van der Waals surface area contributed by atoms with Gasteiger partial charge in [0.2, 0.25) is 0 Å². The Morgan fingerprint density at radius 3 is 1.33 bits per heavy atom. The Kier molecular flexibility index (Phi) is 9.12. The van der Waals surface area contributed by atoms with Crippen LogP contribution in [0.4, 0.5) is 5.69 Å². The van der Waals surface area contributed by atoms with Gasteiger partial charge in [-0.05, 0) is 126 Å². The molecule has 0 radical (unpaired) electrons. The fourth-order valence-electron chi connectivity index (χ4n) is 8.58. The molecule has 57 heavy (non-hydrogen) atoms. The van der Waals surface area contributed by atoms with Crippen molar-refractivity contribution in [2.45, 2.75) is 55.4 Å². The van der Waals surface area contributed by atoms with Crippen LogP contribution in [0.5, 0.6) is 0 Å². The average molecular weight is 786 g/mol. The van der Waals surface area contributed by atoms with Crippen molar-refractivity contribution in [3.63, 3.8) is 0 Å². The molecule has 0 atom stereocenters. The van der Waals surface area contributed by atoms with Crippen molar-refractivity contribution in [3.05, 3.63) is 136 Å². The highest BCUT2D eigenvalue weighted by Crippen LogP contribution is 2.42. The van der Waals surface area contributed by atoms with Crippen LogP contribution in [0.2, 0.25) is 0 Å². The van der Waals surface area contributed by atoms with Gasteiger partial charge in [-0.2, -0.15) is 0 Å². The fourth-order valence-corrected chi connectivity index (χ4v) is 11.5. The van der Waals surface area contributed by atoms with Crippen LogP contribution in [0.25, 0.3) is 41.3 Å². The molecule has 284 valence electrons. The van der Waals surface area contributed by atoms with Gasteiger partial charge in [0.25, 0.3) is 0 Å². The molecular weight excluding hydrogens is 740 g/mol. The van der Waals surface area contributed by atoms with Crippen molar-refractivity contribution in [3.8, 4) is 20.9 Å². The highest BCUT2D eigenvalue weighted by atomic mass is 32.1. The molecule has 0 unspecified atom stereocenters.